The first-order chi connectivity index (χ1) is 8.34. The van der Waals surface area contributed by atoms with Crippen LogP contribution in [0.3, 0.4) is 0 Å². The van der Waals surface area contributed by atoms with Crippen LogP contribution in [0.4, 0.5) is 0 Å². The minimum Gasteiger partial charge on any atom is -0.468 e. The van der Waals surface area contributed by atoms with E-state index in [2.05, 4.69) is 4.74 Å². The van der Waals surface area contributed by atoms with Crippen LogP contribution in [0, 0.1) is 6.92 Å². The Hall–Kier alpha value is -1.69. The molecule has 0 saturated heterocycles. The minimum atomic E-state index is -3.78. The minimum absolute atomic E-state index is 0.323. The zero-order chi connectivity index (χ0) is 13.8. The van der Waals surface area contributed by atoms with Crippen molar-refractivity contribution in [3.05, 3.63) is 35.4 Å². The van der Waals surface area contributed by atoms with E-state index in [-0.39, 0.29) is 0 Å². The molecular formula is C12H14O5S. The number of esters is 1. The van der Waals surface area contributed by atoms with E-state index in [9.17, 15) is 18.0 Å². The average molecular weight is 270 g/mol. The van der Waals surface area contributed by atoms with Crippen LogP contribution >= 0.6 is 0 Å². The summed E-state index contributed by atoms with van der Waals surface area (Å²) in [6.07, 6.45) is 0. The molecule has 6 heteroatoms. The first kappa shape index (κ1) is 14.4. The van der Waals surface area contributed by atoms with E-state index < -0.39 is 33.1 Å². The normalized spacial score (nSPS) is 11.0. The van der Waals surface area contributed by atoms with Crippen LogP contribution in [-0.4, -0.2) is 38.8 Å². The molecule has 0 heterocycles. The molecule has 0 fully saturated rings. The van der Waals surface area contributed by atoms with Gasteiger partial charge in [-0.3, -0.25) is 9.59 Å². The van der Waals surface area contributed by atoms with Crippen LogP contribution in [0.25, 0.3) is 0 Å². The van der Waals surface area contributed by atoms with Gasteiger partial charge < -0.3 is 4.74 Å². The number of benzene rings is 1. The molecule has 1 rings (SSSR count). The molecular weight excluding hydrogens is 256 g/mol. The van der Waals surface area contributed by atoms with Gasteiger partial charge in [0.1, 0.15) is 11.5 Å². The molecule has 98 valence electrons. The third-order valence-electron chi connectivity index (χ3n) is 2.26. The Morgan fingerprint density at radius 2 is 1.89 bits per heavy atom. The molecule has 1 aromatic rings. The van der Waals surface area contributed by atoms with E-state index in [4.69, 9.17) is 0 Å². The van der Waals surface area contributed by atoms with Crippen molar-refractivity contribution < 1.29 is 22.7 Å². The Bertz CT molecular complexity index is 560. The number of ketones is 1. The largest absolute Gasteiger partial charge is 0.468 e. The van der Waals surface area contributed by atoms with Crippen LogP contribution in [0.5, 0.6) is 0 Å². The van der Waals surface area contributed by atoms with Crippen molar-refractivity contribution >= 4 is 21.6 Å². The summed E-state index contributed by atoms with van der Waals surface area (Å²) in [6.45, 7) is 1.81. The smallest absolute Gasteiger partial charge is 0.320 e. The lowest BCUT2D eigenvalue weighted by molar-refractivity contribution is -0.137. The number of hydrogen-bond donors (Lipinski definition) is 0. The lowest BCUT2D eigenvalue weighted by Crippen LogP contribution is -2.24. The van der Waals surface area contributed by atoms with Gasteiger partial charge in [0, 0.05) is 5.56 Å². The van der Waals surface area contributed by atoms with Crippen molar-refractivity contribution in [2.24, 2.45) is 0 Å². The van der Waals surface area contributed by atoms with Gasteiger partial charge in [-0.1, -0.05) is 23.8 Å². The maximum absolute atomic E-state index is 11.8. The lowest BCUT2D eigenvalue weighted by Gasteiger charge is -2.03. The molecule has 0 saturated carbocycles. The van der Waals surface area contributed by atoms with Gasteiger partial charge in [-0.25, -0.2) is 8.42 Å². The van der Waals surface area contributed by atoms with Gasteiger partial charge in [-0.15, -0.1) is 0 Å². The summed E-state index contributed by atoms with van der Waals surface area (Å²) in [5.74, 6) is -2.86. The van der Waals surface area contributed by atoms with Gasteiger partial charge in [0.15, 0.2) is 15.6 Å². The Kier molecular flexibility index (Phi) is 4.61. The highest BCUT2D eigenvalue weighted by Crippen LogP contribution is 2.07. The second-order valence-corrected chi connectivity index (χ2v) is 5.97. The molecule has 0 amide bonds. The third-order valence-corrected chi connectivity index (χ3v) is 3.63. The molecule has 1 aromatic carbocycles. The van der Waals surface area contributed by atoms with Gasteiger partial charge in [-0.2, -0.15) is 0 Å². The fraction of sp³-hybridized carbons (Fsp3) is 0.333. The fourth-order valence-corrected chi connectivity index (χ4v) is 2.54. The third kappa shape index (κ3) is 4.29. The molecule has 0 aliphatic rings. The second-order valence-electron chi connectivity index (χ2n) is 3.90. The summed E-state index contributed by atoms with van der Waals surface area (Å²) in [7, 11) is -2.68. The Balaban J connectivity index is 2.79. The number of methoxy groups -OCH3 is 1. The number of rotatable bonds is 5. The molecule has 0 N–H and O–H groups in total. The molecule has 0 bridgehead atoms. The van der Waals surface area contributed by atoms with E-state index in [1.165, 1.54) is 0 Å². The van der Waals surface area contributed by atoms with Crippen molar-refractivity contribution in [3.63, 3.8) is 0 Å². The summed E-state index contributed by atoms with van der Waals surface area (Å²) in [5, 5.41) is 0. The Labute approximate surface area is 106 Å². The summed E-state index contributed by atoms with van der Waals surface area (Å²) in [5.41, 5.74) is 1.19. The van der Waals surface area contributed by atoms with E-state index >= 15 is 0 Å². The fourth-order valence-electron chi connectivity index (χ4n) is 1.39. The van der Waals surface area contributed by atoms with Gasteiger partial charge in [-0.05, 0) is 13.0 Å². The maximum atomic E-state index is 11.8. The van der Waals surface area contributed by atoms with Crippen molar-refractivity contribution in [2.45, 2.75) is 6.92 Å². The molecule has 5 nitrogen and oxygen atoms in total. The Morgan fingerprint density at radius 3 is 2.44 bits per heavy atom. The van der Waals surface area contributed by atoms with Gasteiger partial charge in [0.25, 0.3) is 0 Å². The molecule has 0 atom stereocenters. The molecule has 18 heavy (non-hydrogen) atoms. The molecule has 0 aromatic heterocycles. The molecule has 0 aliphatic heterocycles. The van der Waals surface area contributed by atoms with Crippen LogP contribution in [0.1, 0.15) is 15.9 Å². The lowest BCUT2D eigenvalue weighted by atomic mass is 10.1. The van der Waals surface area contributed by atoms with Crippen LogP contribution < -0.4 is 0 Å². The van der Waals surface area contributed by atoms with Gasteiger partial charge in [0.05, 0.1) is 7.11 Å². The first-order valence-electron chi connectivity index (χ1n) is 5.21. The Morgan fingerprint density at radius 1 is 1.22 bits per heavy atom. The predicted molar refractivity (Wildman–Crippen MR) is 66.2 cm³/mol. The van der Waals surface area contributed by atoms with E-state index in [1.54, 1.807) is 31.2 Å². The van der Waals surface area contributed by atoms with E-state index in [0.717, 1.165) is 12.7 Å². The molecule has 0 unspecified atom stereocenters. The summed E-state index contributed by atoms with van der Waals surface area (Å²) in [4.78, 5) is 22.6. The zero-order valence-corrected chi connectivity index (χ0v) is 11.0. The SMILES string of the molecule is COC(=O)CS(=O)(=O)CC(=O)c1cccc(C)c1. The first-order valence-corrected chi connectivity index (χ1v) is 7.03. The highest BCUT2D eigenvalue weighted by atomic mass is 32.2. The monoisotopic (exact) mass is 270 g/mol. The molecule has 0 aliphatic carbocycles. The van der Waals surface area contributed by atoms with E-state index in [1.807, 2.05) is 0 Å². The highest BCUT2D eigenvalue weighted by Gasteiger charge is 2.22. The summed E-state index contributed by atoms with van der Waals surface area (Å²) >= 11 is 0. The summed E-state index contributed by atoms with van der Waals surface area (Å²) in [6, 6.07) is 6.63. The molecule has 0 spiro atoms. The van der Waals surface area contributed by atoms with Crippen molar-refractivity contribution in [1.82, 2.24) is 0 Å². The maximum Gasteiger partial charge on any atom is 0.320 e. The standard InChI is InChI=1S/C12H14O5S/c1-9-4-3-5-10(6-9)11(13)7-18(15,16)8-12(14)17-2/h3-6H,7-8H2,1-2H3. The van der Waals surface area contributed by atoms with E-state index in [0.29, 0.717) is 5.56 Å². The number of ether oxygens (including phenoxy) is 1. The summed E-state index contributed by atoms with van der Waals surface area (Å²) < 4.78 is 27.4. The zero-order valence-electron chi connectivity index (χ0n) is 10.2. The number of sulfone groups is 1. The number of carbonyl (C=O) groups excluding carboxylic acids is 2. The topological polar surface area (TPSA) is 77.5 Å². The van der Waals surface area contributed by atoms with Crippen LogP contribution in [-0.2, 0) is 19.4 Å². The highest BCUT2D eigenvalue weighted by molar-refractivity contribution is 7.92. The van der Waals surface area contributed by atoms with Crippen molar-refractivity contribution in [3.8, 4) is 0 Å². The van der Waals surface area contributed by atoms with Crippen LogP contribution in [0.2, 0.25) is 0 Å². The van der Waals surface area contributed by atoms with Gasteiger partial charge >= 0.3 is 5.97 Å². The number of aryl methyl sites for hydroxylation is 1. The second kappa shape index (κ2) is 5.77. The number of hydrogen-bond acceptors (Lipinski definition) is 5. The van der Waals surface area contributed by atoms with Crippen molar-refractivity contribution in [2.75, 3.05) is 18.6 Å². The quantitative estimate of drug-likeness (QED) is 0.583. The predicted octanol–water partition coefficient (Wildman–Crippen LogP) is 0.766. The van der Waals surface area contributed by atoms with Crippen LogP contribution in [0.15, 0.2) is 24.3 Å². The van der Waals surface area contributed by atoms with Gasteiger partial charge in [0.2, 0.25) is 0 Å². The average Bonchev–Trinajstić information content (AvgIpc) is 2.27. The van der Waals surface area contributed by atoms with Crippen molar-refractivity contribution in [1.29, 1.82) is 0 Å². The number of Topliss-reactive ketones (excluding diaryl/α,β-unsaturated/α-hetero) is 1. The molecule has 0 radical (unpaired) electrons. The number of carbonyl (C=O) groups is 2.